The molecule has 4 N–H and O–H groups in total. The predicted molar refractivity (Wildman–Crippen MR) is 74.1 cm³/mol. The monoisotopic (exact) mass is 273 g/mol. The van der Waals surface area contributed by atoms with Crippen LogP contribution in [0.3, 0.4) is 0 Å². The second-order valence-corrected chi connectivity index (χ2v) is 5.89. The van der Waals surface area contributed by atoms with Crippen molar-refractivity contribution in [3.05, 3.63) is 0 Å². The topological polar surface area (TPSA) is 89.4 Å². The second-order valence-electron chi connectivity index (χ2n) is 4.90. The molecule has 0 spiro atoms. The number of hydrogen-bond acceptors (Lipinski definition) is 4. The van der Waals surface area contributed by atoms with E-state index in [1.807, 2.05) is 13.2 Å². The fourth-order valence-corrected chi connectivity index (χ4v) is 2.72. The summed E-state index contributed by atoms with van der Waals surface area (Å²) in [5.74, 6) is 0.270. The smallest absolute Gasteiger partial charge is 0.239 e. The largest absolute Gasteiger partial charge is 0.369 e. The van der Waals surface area contributed by atoms with E-state index in [-0.39, 0.29) is 23.8 Å². The van der Waals surface area contributed by atoms with Crippen LogP contribution in [0.5, 0.6) is 0 Å². The van der Waals surface area contributed by atoms with Gasteiger partial charge >= 0.3 is 0 Å². The molecule has 0 aliphatic carbocycles. The van der Waals surface area contributed by atoms with Crippen LogP contribution in [0.15, 0.2) is 0 Å². The molecule has 1 aliphatic heterocycles. The molecule has 3 atom stereocenters. The predicted octanol–water partition coefficient (Wildman–Crippen LogP) is 0.179. The minimum Gasteiger partial charge on any atom is -0.369 e. The lowest BCUT2D eigenvalue weighted by molar-refractivity contribution is -0.138. The summed E-state index contributed by atoms with van der Waals surface area (Å²) in [5.41, 5.74) is 11.2. The van der Waals surface area contributed by atoms with Crippen molar-refractivity contribution in [3.8, 4) is 0 Å². The number of primary amides is 1. The van der Waals surface area contributed by atoms with Crippen LogP contribution in [0.25, 0.3) is 0 Å². The van der Waals surface area contributed by atoms with Crippen molar-refractivity contribution in [2.24, 2.45) is 17.4 Å². The lowest BCUT2D eigenvalue weighted by Gasteiger charge is -2.38. The first-order valence-corrected chi connectivity index (χ1v) is 7.71. The Morgan fingerprint density at radius 1 is 1.44 bits per heavy atom. The molecule has 0 radical (unpaired) electrons. The molecule has 2 unspecified atom stereocenters. The van der Waals surface area contributed by atoms with E-state index in [1.165, 1.54) is 0 Å². The fraction of sp³-hybridized carbons (Fsp3) is 0.833. The van der Waals surface area contributed by atoms with Gasteiger partial charge in [0.1, 0.15) is 0 Å². The van der Waals surface area contributed by atoms with Crippen LogP contribution in [0.4, 0.5) is 0 Å². The second kappa shape index (κ2) is 6.99. The van der Waals surface area contributed by atoms with E-state index in [9.17, 15) is 9.59 Å². The van der Waals surface area contributed by atoms with Crippen molar-refractivity contribution < 1.29 is 9.59 Å². The summed E-state index contributed by atoms with van der Waals surface area (Å²) in [6.07, 6.45) is 4.24. The zero-order valence-electron chi connectivity index (χ0n) is 11.1. The van der Waals surface area contributed by atoms with E-state index in [0.717, 1.165) is 18.6 Å². The molecule has 1 aliphatic rings. The van der Waals surface area contributed by atoms with E-state index < -0.39 is 6.04 Å². The van der Waals surface area contributed by atoms with Crippen LogP contribution in [-0.2, 0) is 9.59 Å². The van der Waals surface area contributed by atoms with E-state index in [4.69, 9.17) is 11.5 Å². The molecule has 0 aromatic heterocycles. The average Bonchev–Trinajstić information content (AvgIpc) is 2.35. The summed E-state index contributed by atoms with van der Waals surface area (Å²) in [7, 11) is 0. The lowest BCUT2D eigenvalue weighted by atomic mass is 9.92. The zero-order chi connectivity index (χ0) is 13.7. The summed E-state index contributed by atoms with van der Waals surface area (Å²) in [5, 5.41) is 0. The van der Waals surface area contributed by atoms with Gasteiger partial charge in [-0.25, -0.2) is 0 Å². The summed E-state index contributed by atoms with van der Waals surface area (Å²) >= 11 is 1.68. The first kappa shape index (κ1) is 15.3. The van der Waals surface area contributed by atoms with Gasteiger partial charge in [0, 0.05) is 12.6 Å². The number of rotatable bonds is 5. The Hall–Kier alpha value is -0.750. The quantitative estimate of drug-likeness (QED) is 0.747. The third-order valence-electron chi connectivity index (χ3n) is 3.52. The van der Waals surface area contributed by atoms with Gasteiger partial charge in [0.15, 0.2) is 0 Å². The number of likely N-dealkylation sites (tertiary alicyclic amines) is 1. The SMILES string of the molecule is CSCC[C@H](N)C(=O)N1CC(C(N)=O)CCC1C. The maximum absolute atomic E-state index is 12.2. The molecule has 18 heavy (non-hydrogen) atoms. The molecule has 0 aromatic carbocycles. The molecule has 0 saturated carbocycles. The molecule has 1 saturated heterocycles. The number of piperidine rings is 1. The number of thioether (sulfide) groups is 1. The van der Waals surface area contributed by atoms with Crippen LogP contribution >= 0.6 is 11.8 Å². The molecule has 1 heterocycles. The molecule has 0 bridgehead atoms. The maximum Gasteiger partial charge on any atom is 0.239 e. The minimum absolute atomic E-state index is 0.0532. The normalized spacial score (nSPS) is 25.8. The molecule has 104 valence electrons. The van der Waals surface area contributed by atoms with Gasteiger partial charge in [0.25, 0.3) is 0 Å². The van der Waals surface area contributed by atoms with Crippen LogP contribution in [0.2, 0.25) is 0 Å². The Kier molecular flexibility index (Phi) is 5.95. The van der Waals surface area contributed by atoms with Gasteiger partial charge in [-0.05, 0) is 38.2 Å². The molecule has 0 aromatic rings. The van der Waals surface area contributed by atoms with E-state index in [0.29, 0.717) is 13.0 Å². The fourth-order valence-electron chi connectivity index (χ4n) is 2.23. The standard InChI is InChI=1S/C12H23N3O2S/c1-8-3-4-9(11(14)16)7-15(8)12(17)10(13)5-6-18-2/h8-10H,3-7,13H2,1-2H3,(H2,14,16)/t8?,9?,10-/m0/s1. The highest BCUT2D eigenvalue weighted by Gasteiger charge is 2.33. The summed E-state index contributed by atoms with van der Waals surface area (Å²) in [4.78, 5) is 25.2. The third-order valence-corrected chi connectivity index (χ3v) is 4.16. The maximum atomic E-state index is 12.2. The Bertz CT molecular complexity index is 312. The van der Waals surface area contributed by atoms with Crippen molar-refractivity contribution in [2.75, 3.05) is 18.6 Å². The highest BCUT2D eigenvalue weighted by molar-refractivity contribution is 7.98. The van der Waals surface area contributed by atoms with Crippen molar-refractivity contribution in [3.63, 3.8) is 0 Å². The lowest BCUT2D eigenvalue weighted by Crippen LogP contribution is -2.53. The third kappa shape index (κ3) is 3.88. The number of nitrogens with two attached hydrogens (primary N) is 2. The Balaban J connectivity index is 2.61. The van der Waals surface area contributed by atoms with Gasteiger partial charge in [-0.3, -0.25) is 9.59 Å². The van der Waals surface area contributed by atoms with Gasteiger partial charge in [-0.1, -0.05) is 0 Å². The first-order valence-electron chi connectivity index (χ1n) is 6.31. The van der Waals surface area contributed by atoms with Crippen LogP contribution in [0.1, 0.15) is 26.2 Å². The van der Waals surface area contributed by atoms with E-state index >= 15 is 0 Å². The van der Waals surface area contributed by atoms with E-state index in [1.54, 1.807) is 16.7 Å². The minimum atomic E-state index is -0.466. The highest BCUT2D eigenvalue weighted by atomic mass is 32.2. The highest BCUT2D eigenvalue weighted by Crippen LogP contribution is 2.22. The molecular formula is C12H23N3O2S. The van der Waals surface area contributed by atoms with Crippen LogP contribution in [0, 0.1) is 5.92 Å². The average molecular weight is 273 g/mol. The number of nitrogens with zero attached hydrogens (tertiary/aromatic N) is 1. The van der Waals surface area contributed by atoms with Gasteiger partial charge in [-0.2, -0.15) is 11.8 Å². The number of hydrogen-bond donors (Lipinski definition) is 2. The molecule has 2 amide bonds. The van der Waals surface area contributed by atoms with Gasteiger partial charge in [0.05, 0.1) is 12.0 Å². The molecule has 6 heteroatoms. The van der Waals surface area contributed by atoms with Crippen LogP contribution < -0.4 is 11.5 Å². The first-order chi connectivity index (χ1) is 8.47. The summed E-state index contributed by atoms with van der Waals surface area (Å²) in [6, 6.07) is -0.319. The molecular weight excluding hydrogens is 250 g/mol. The van der Waals surface area contributed by atoms with Gasteiger partial charge < -0.3 is 16.4 Å². The Morgan fingerprint density at radius 3 is 2.67 bits per heavy atom. The zero-order valence-corrected chi connectivity index (χ0v) is 11.9. The number of carbonyl (C=O) groups excluding carboxylic acids is 2. The summed E-state index contributed by atoms with van der Waals surface area (Å²) < 4.78 is 0. The van der Waals surface area contributed by atoms with Crippen molar-refractivity contribution in [1.29, 1.82) is 0 Å². The Labute approximate surface area is 113 Å². The van der Waals surface area contributed by atoms with Crippen LogP contribution in [-0.4, -0.2) is 47.4 Å². The van der Waals surface area contributed by atoms with Gasteiger partial charge in [0.2, 0.25) is 11.8 Å². The summed E-state index contributed by atoms with van der Waals surface area (Å²) in [6.45, 7) is 2.42. The van der Waals surface area contributed by atoms with Crippen molar-refractivity contribution in [1.82, 2.24) is 4.90 Å². The van der Waals surface area contributed by atoms with Crippen molar-refractivity contribution in [2.45, 2.75) is 38.3 Å². The number of amides is 2. The number of carbonyl (C=O) groups is 2. The Morgan fingerprint density at radius 2 is 2.11 bits per heavy atom. The molecule has 1 rings (SSSR count). The molecule has 5 nitrogen and oxygen atoms in total. The van der Waals surface area contributed by atoms with E-state index in [2.05, 4.69) is 0 Å². The van der Waals surface area contributed by atoms with Crippen molar-refractivity contribution >= 4 is 23.6 Å². The van der Waals surface area contributed by atoms with Gasteiger partial charge in [-0.15, -0.1) is 0 Å². The molecule has 1 fully saturated rings.